The van der Waals surface area contributed by atoms with Gasteiger partial charge in [-0.3, -0.25) is 14.5 Å². The van der Waals surface area contributed by atoms with Gasteiger partial charge in [-0.25, -0.2) is 0 Å². The number of carboxylic acid groups (broad SMARTS) is 1. The Bertz CT molecular complexity index is 546. The van der Waals surface area contributed by atoms with Crippen molar-refractivity contribution >= 4 is 21.9 Å². The van der Waals surface area contributed by atoms with E-state index in [4.69, 9.17) is 5.11 Å². The zero-order valence-corrected chi connectivity index (χ0v) is 11.0. The van der Waals surface area contributed by atoms with Crippen LogP contribution < -0.4 is 4.72 Å². The maximum Gasteiger partial charge on any atom is 0.307 e. The van der Waals surface area contributed by atoms with E-state index in [1.54, 1.807) is 0 Å². The molecule has 1 saturated heterocycles. The summed E-state index contributed by atoms with van der Waals surface area (Å²) in [5.41, 5.74) is 0.410. The van der Waals surface area contributed by atoms with Gasteiger partial charge in [0.2, 0.25) is 0 Å². The van der Waals surface area contributed by atoms with Crippen LogP contribution in [0.2, 0.25) is 0 Å². The molecular formula is C11H15N3O4S. The van der Waals surface area contributed by atoms with Crippen LogP contribution in [0.3, 0.4) is 0 Å². The van der Waals surface area contributed by atoms with Crippen LogP contribution >= 0.6 is 0 Å². The summed E-state index contributed by atoms with van der Waals surface area (Å²) in [5.74, 6) is -1.59. The maximum atomic E-state index is 12.1. The molecule has 1 aliphatic heterocycles. The molecule has 1 aromatic heterocycles. The molecule has 1 unspecified atom stereocenters. The third-order valence-electron chi connectivity index (χ3n) is 3.00. The highest BCUT2D eigenvalue weighted by Crippen LogP contribution is 2.20. The average Bonchev–Trinajstić information content (AvgIpc) is 2.39. The third kappa shape index (κ3) is 3.42. The molecule has 0 spiro atoms. The van der Waals surface area contributed by atoms with Gasteiger partial charge in [-0.05, 0) is 25.0 Å². The SMILES string of the molecule is O=C(O)C1CCCN(S(=O)(=O)Nc2ccncc2)C1. The molecule has 0 radical (unpaired) electrons. The number of hydrogen-bond acceptors (Lipinski definition) is 4. The van der Waals surface area contributed by atoms with Gasteiger partial charge in [0.25, 0.3) is 0 Å². The number of hydrogen-bond donors (Lipinski definition) is 2. The van der Waals surface area contributed by atoms with Gasteiger partial charge in [-0.15, -0.1) is 0 Å². The molecule has 1 fully saturated rings. The average molecular weight is 285 g/mol. The first kappa shape index (κ1) is 13.8. The number of rotatable bonds is 4. The van der Waals surface area contributed by atoms with E-state index in [1.165, 1.54) is 28.8 Å². The van der Waals surface area contributed by atoms with Crippen molar-refractivity contribution in [2.75, 3.05) is 17.8 Å². The minimum absolute atomic E-state index is 0.00967. The molecule has 104 valence electrons. The molecule has 0 amide bonds. The second-order valence-electron chi connectivity index (χ2n) is 4.38. The Morgan fingerprint density at radius 3 is 2.74 bits per heavy atom. The fraction of sp³-hybridized carbons (Fsp3) is 0.455. The summed E-state index contributed by atoms with van der Waals surface area (Å²) in [4.78, 5) is 14.7. The number of aromatic nitrogens is 1. The number of aliphatic carboxylic acids is 1. The smallest absolute Gasteiger partial charge is 0.307 e. The molecule has 19 heavy (non-hydrogen) atoms. The predicted molar refractivity (Wildman–Crippen MR) is 68.7 cm³/mol. The van der Waals surface area contributed by atoms with E-state index >= 15 is 0 Å². The predicted octanol–water partition coefficient (Wildman–Crippen LogP) is 0.535. The molecule has 2 rings (SSSR count). The fourth-order valence-electron chi connectivity index (χ4n) is 2.00. The number of piperidine rings is 1. The number of pyridine rings is 1. The lowest BCUT2D eigenvalue weighted by atomic mass is 10.0. The van der Waals surface area contributed by atoms with E-state index < -0.39 is 22.1 Å². The largest absolute Gasteiger partial charge is 0.481 e. The van der Waals surface area contributed by atoms with E-state index in [9.17, 15) is 13.2 Å². The monoisotopic (exact) mass is 285 g/mol. The Balaban J connectivity index is 2.09. The van der Waals surface area contributed by atoms with Crippen molar-refractivity contribution in [1.29, 1.82) is 0 Å². The zero-order chi connectivity index (χ0) is 13.9. The summed E-state index contributed by atoms with van der Waals surface area (Å²) < 4.78 is 27.8. The van der Waals surface area contributed by atoms with E-state index in [-0.39, 0.29) is 6.54 Å². The minimum atomic E-state index is -3.71. The lowest BCUT2D eigenvalue weighted by molar-refractivity contribution is -0.142. The summed E-state index contributed by atoms with van der Waals surface area (Å²) in [6.45, 7) is 0.347. The van der Waals surface area contributed by atoms with Crippen molar-refractivity contribution in [2.45, 2.75) is 12.8 Å². The first-order valence-electron chi connectivity index (χ1n) is 5.90. The molecule has 2 heterocycles. The van der Waals surface area contributed by atoms with Crippen LogP contribution in [0.15, 0.2) is 24.5 Å². The van der Waals surface area contributed by atoms with Crippen molar-refractivity contribution in [2.24, 2.45) is 5.92 Å². The van der Waals surface area contributed by atoms with E-state index in [0.29, 0.717) is 25.1 Å². The quantitative estimate of drug-likeness (QED) is 0.841. The van der Waals surface area contributed by atoms with Gasteiger partial charge < -0.3 is 5.11 Å². The Morgan fingerprint density at radius 1 is 1.42 bits per heavy atom. The molecule has 0 bridgehead atoms. The van der Waals surface area contributed by atoms with Crippen molar-refractivity contribution in [3.8, 4) is 0 Å². The number of anilines is 1. The molecule has 1 atom stereocenters. The number of carboxylic acids is 1. The second kappa shape index (κ2) is 5.54. The van der Waals surface area contributed by atoms with Crippen LogP contribution in [0.1, 0.15) is 12.8 Å². The molecule has 8 heteroatoms. The molecule has 1 aromatic rings. The van der Waals surface area contributed by atoms with Crippen LogP contribution in [0.4, 0.5) is 5.69 Å². The first-order chi connectivity index (χ1) is 8.99. The number of carbonyl (C=O) groups is 1. The number of nitrogens with zero attached hydrogens (tertiary/aromatic N) is 2. The highest BCUT2D eigenvalue weighted by molar-refractivity contribution is 7.90. The standard InChI is InChI=1S/C11H15N3O4S/c15-11(16)9-2-1-7-14(8-9)19(17,18)13-10-3-5-12-6-4-10/h3-6,9H,1-2,7-8H2,(H,12,13)(H,15,16). The first-order valence-corrected chi connectivity index (χ1v) is 7.34. The van der Waals surface area contributed by atoms with Gasteiger partial charge in [-0.1, -0.05) is 0 Å². The number of nitrogens with one attached hydrogen (secondary N) is 1. The second-order valence-corrected chi connectivity index (χ2v) is 6.05. The topological polar surface area (TPSA) is 99.6 Å². The van der Waals surface area contributed by atoms with Crippen molar-refractivity contribution in [3.63, 3.8) is 0 Å². The van der Waals surface area contributed by atoms with Crippen LogP contribution in [0, 0.1) is 5.92 Å². The lowest BCUT2D eigenvalue weighted by Gasteiger charge is -2.29. The summed E-state index contributed by atoms with van der Waals surface area (Å²) in [5, 5.41) is 8.96. The summed E-state index contributed by atoms with van der Waals surface area (Å²) in [6, 6.07) is 3.08. The van der Waals surface area contributed by atoms with Crippen LogP contribution in [-0.4, -0.2) is 41.9 Å². The molecule has 1 aliphatic rings. The Kier molecular flexibility index (Phi) is 4.01. The van der Waals surface area contributed by atoms with Crippen LogP contribution in [0.5, 0.6) is 0 Å². The fourth-order valence-corrected chi connectivity index (χ4v) is 3.30. The van der Waals surface area contributed by atoms with Gasteiger partial charge in [-0.2, -0.15) is 12.7 Å². The van der Waals surface area contributed by atoms with Gasteiger partial charge in [0.1, 0.15) is 0 Å². The molecule has 0 aromatic carbocycles. The Hall–Kier alpha value is -1.67. The zero-order valence-electron chi connectivity index (χ0n) is 10.2. The van der Waals surface area contributed by atoms with Gasteiger partial charge >= 0.3 is 16.2 Å². The van der Waals surface area contributed by atoms with E-state index in [2.05, 4.69) is 9.71 Å². The summed E-state index contributed by atoms with van der Waals surface area (Å²) in [6.07, 6.45) is 4.02. The minimum Gasteiger partial charge on any atom is -0.481 e. The van der Waals surface area contributed by atoms with E-state index in [0.717, 1.165) is 0 Å². The van der Waals surface area contributed by atoms with Gasteiger partial charge in [0.15, 0.2) is 0 Å². The molecular weight excluding hydrogens is 270 g/mol. The van der Waals surface area contributed by atoms with Crippen LogP contribution in [-0.2, 0) is 15.0 Å². The Morgan fingerprint density at radius 2 is 2.11 bits per heavy atom. The highest BCUT2D eigenvalue weighted by Gasteiger charge is 2.32. The van der Waals surface area contributed by atoms with E-state index in [1.807, 2.05) is 0 Å². The van der Waals surface area contributed by atoms with Gasteiger partial charge in [0, 0.05) is 25.5 Å². The van der Waals surface area contributed by atoms with Crippen molar-refractivity contribution in [3.05, 3.63) is 24.5 Å². The Labute approximate surface area is 111 Å². The van der Waals surface area contributed by atoms with Crippen molar-refractivity contribution in [1.82, 2.24) is 9.29 Å². The van der Waals surface area contributed by atoms with Crippen LogP contribution in [0.25, 0.3) is 0 Å². The summed E-state index contributed by atoms with van der Waals surface area (Å²) >= 11 is 0. The highest BCUT2D eigenvalue weighted by atomic mass is 32.2. The normalized spacial score (nSPS) is 20.9. The molecule has 0 saturated carbocycles. The molecule has 7 nitrogen and oxygen atoms in total. The maximum absolute atomic E-state index is 12.1. The third-order valence-corrected chi connectivity index (χ3v) is 4.51. The summed E-state index contributed by atoms with van der Waals surface area (Å²) in [7, 11) is -3.71. The van der Waals surface area contributed by atoms with Gasteiger partial charge in [0.05, 0.1) is 11.6 Å². The molecule has 2 N–H and O–H groups in total. The molecule has 0 aliphatic carbocycles. The van der Waals surface area contributed by atoms with Crippen molar-refractivity contribution < 1.29 is 18.3 Å². The lowest BCUT2D eigenvalue weighted by Crippen LogP contribution is -2.44.